The van der Waals surface area contributed by atoms with Gasteiger partial charge in [-0.15, -0.1) is 0 Å². The topological polar surface area (TPSA) is 44.1 Å². The standard InChI is InChI=1S/C20H17FN2O2/c21-15-25-19-10-7-17(8-11-19)14-20(24)23-13-12-18(22-23)9-6-16-4-2-1-3-5-16/h1-13H,14-15H2/b9-6+. The predicted molar refractivity (Wildman–Crippen MR) is 95.0 cm³/mol. The number of ether oxygens (including phenoxy) is 1. The smallest absolute Gasteiger partial charge is 0.251 e. The average Bonchev–Trinajstić information content (AvgIpc) is 3.12. The van der Waals surface area contributed by atoms with Gasteiger partial charge in [0.2, 0.25) is 6.86 Å². The molecule has 0 unspecified atom stereocenters. The number of aromatic nitrogens is 2. The molecule has 0 spiro atoms. The molecule has 0 fully saturated rings. The van der Waals surface area contributed by atoms with Crippen molar-refractivity contribution in [3.63, 3.8) is 0 Å². The molecule has 25 heavy (non-hydrogen) atoms. The van der Waals surface area contributed by atoms with Crippen LogP contribution < -0.4 is 4.74 Å². The molecule has 0 atom stereocenters. The maximum absolute atomic E-state index is 12.3. The van der Waals surface area contributed by atoms with Crippen LogP contribution in [0.4, 0.5) is 4.39 Å². The molecule has 0 radical (unpaired) electrons. The van der Waals surface area contributed by atoms with Gasteiger partial charge in [-0.25, -0.2) is 9.07 Å². The SMILES string of the molecule is O=C(Cc1ccc(OCF)cc1)n1ccc(/C=C/c2ccccc2)n1. The van der Waals surface area contributed by atoms with E-state index in [1.807, 2.05) is 42.5 Å². The Morgan fingerprint density at radius 1 is 1.04 bits per heavy atom. The van der Waals surface area contributed by atoms with Crippen LogP contribution in [0.2, 0.25) is 0 Å². The number of halogens is 1. The number of nitrogens with zero attached hydrogens (tertiary/aromatic N) is 2. The third-order valence-corrected chi connectivity index (χ3v) is 3.61. The minimum Gasteiger partial charge on any atom is -0.463 e. The highest BCUT2D eigenvalue weighted by Gasteiger charge is 2.08. The van der Waals surface area contributed by atoms with Gasteiger partial charge in [0.25, 0.3) is 5.91 Å². The van der Waals surface area contributed by atoms with Crippen molar-refractivity contribution in [3.05, 3.63) is 83.7 Å². The highest BCUT2D eigenvalue weighted by molar-refractivity contribution is 5.81. The van der Waals surface area contributed by atoms with E-state index in [2.05, 4.69) is 5.10 Å². The number of hydrogen-bond acceptors (Lipinski definition) is 3. The second kappa shape index (κ2) is 8.06. The van der Waals surface area contributed by atoms with Gasteiger partial charge in [-0.3, -0.25) is 4.79 Å². The Hall–Kier alpha value is -3.21. The van der Waals surface area contributed by atoms with Crippen molar-refractivity contribution in [1.29, 1.82) is 0 Å². The highest BCUT2D eigenvalue weighted by atomic mass is 19.1. The van der Waals surface area contributed by atoms with Crippen LogP contribution in [0, 0.1) is 0 Å². The Balaban J connectivity index is 1.63. The maximum Gasteiger partial charge on any atom is 0.251 e. The summed E-state index contributed by atoms with van der Waals surface area (Å²) >= 11 is 0. The van der Waals surface area contributed by atoms with Gasteiger partial charge in [-0.1, -0.05) is 48.5 Å². The van der Waals surface area contributed by atoms with E-state index in [9.17, 15) is 9.18 Å². The molecule has 1 heterocycles. The van der Waals surface area contributed by atoms with Crippen molar-refractivity contribution in [2.45, 2.75) is 6.42 Å². The van der Waals surface area contributed by atoms with E-state index < -0.39 is 6.86 Å². The Kier molecular flexibility index (Phi) is 5.36. The molecule has 4 nitrogen and oxygen atoms in total. The summed E-state index contributed by atoms with van der Waals surface area (Å²) in [5, 5.41) is 4.27. The van der Waals surface area contributed by atoms with E-state index in [0.717, 1.165) is 11.1 Å². The fraction of sp³-hybridized carbons (Fsp3) is 0.100. The maximum atomic E-state index is 12.3. The van der Waals surface area contributed by atoms with Gasteiger partial charge >= 0.3 is 0 Å². The summed E-state index contributed by atoms with van der Waals surface area (Å²) in [5.41, 5.74) is 2.59. The molecule has 0 bridgehead atoms. The number of rotatable bonds is 6. The van der Waals surface area contributed by atoms with Gasteiger partial charge in [-0.05, 0) is 35.4 Å². The summed E-state index contributed by atoms with van der Waals surface area (Å²) in [7, 11) is 0. The average molecular weight is 336 g/mol. The van der Waals surface area contributed by atoms with E-state index in [0.29, 0.717) is 11.4 Å². The molecule has 2 aromatic carbocycles. The zero-order chi connectivity index (χ0) is 17.5. The molecule has 1 aromatic heterocycles. The first-order valence-corrected chi connectivity index (χ1v) is 7.84. The summed E-state index contributed by atoms with van der Waals surface area (Å²) in [4.78, 5) is 12.3. The molecule has 0 aliphatic carbocycles. The van der Waals surface area contributed by atoms with Crippen LogP contribution in [0.15, 0.2) is 66.9 Å². The third kappa shape index (κ3) is 4.64. The molecule has 0 saturated heterocycles. The molecule has 3 rings (SSSR count). The van der Waals surface area contributed by atoms with Crippen LogP contribution in [0.3, 0.4) is 0 Å². The lowest BCUT2D eigenvalue weighted by atomic mass is 10.1. The summed E-state index contributed by atoms with van der Waals surface area (Å²) in [6, 6.07) is 18.4. The Bertz CT molecular complexity index is 855. The van der Waals surface area contributed by atoms with Crippen LogP contribution in [-0.4, -0.2) is 22.5 Å². The zero-order valence-corrected chi connectivity index (χ0v) is 13.5. The molecular formula is C20H17FN2O2. The van der Waals surface area contributed by atoms with E-state index >= 15 is 0 Å². The number of benzene rings is 2. The summed E-state index contributed by atoms with van der Waals surface area (Å²) in [5.74, 6) is 0.296. The minimum absolute atomic E-state index is 0.140. The van der Waals surface area contributed by atoms with Crippen LogP contribution in [-0.2, 0) is 6.42 Å². The predicted octanol–water partition coefficient (Wildman–Crippen LogP) is 4.24. The van der Waals surface area contributed by atoms with Crippen LogP contribution >= 0.6 is 0 Å². The van der Waals surface area contributed by atoms with Gasteiger partial charge in [0.05, 0.1) is 12.1 Å². The molecule has 5 heteroatoms. The van der Waals surface area contributed by atoms with E-state index in [1.54, 1.807) is 36.5 Å². The summed E-state index contributed by atoms with van der Waals surface area (Å²) in [6.07, 6.45) is 5.66. The fourth-order valence-electron chi connectivity index (χ4n) is 2.33. The Morgan fingerprint density at radius 2 is 1.80 bits per heavy atom. The lowest BCUT2D eigenvalue weighted by molar-refractivity contribution is 0.0898. The first kappa shape index (κ1) is 16.6. The lowest BCUT2D eigenvalue weighted by Crippen LogP contribution is -2.14. The molecule has 0 aliphatic rings. The molecule has 0 aliphatic heterocycles. The van der Waals surface area contributed by atoms with E-state index in [-0.39, 0.29) is 12.3 Å². The first-order valence-electron chi connectivity index (χ1n) is 7.84. The largest absolute Gasteiger partial charge is 0.463 e. The second-order valence-corrected chi connectivity index (χ2v) is 5.40. The van der Waals surface area contributed by atoms with Crippen molar-refractivity contribution in [3.8, 4) is 5.75 Å². The first-order chi connectivity index (χ1) is 12.2. The summed E-state index contributed by atoms with van der Waals surface area (Å²) in [6.45, 7) is -0.870. The van der Waals surface area contributed by atoms with Gasteiger partial charge in [-0.2, -0.15) is 5.10 Å². The highest BCUT2D eigenvalue weighted by Crippen LogP contribution is 2.13. The second-order valence-electron chi connectivity index (χ2n) is 5.40. The van der Waals surface area contributed by atoms with Crippen LogP contribution in [0.25, 0.3) is 12.2 Å². The molecule has 3 aromatic rings. The number of hydrogen-bond donors (Lipinski definition) is 0. The fourth-order valence-corrected chi connectivity index (χ4v) is 2.33. The minimum atomic E-state index is -0.870. The lowest BCUT2D eigenvalue weighted by Gasteiger charge is -2.03. The summed E-state index contributed by atoms with van der Waals surface area (Å²) < 4.78 is 18.2. The van der Waals surface area contributed by atoms with Crippen LogP contribution in [0.5, 0.6) is 5.75 Å². The Labute approximate surface area is 145 Å². The van der Waals surface area contributed by atoms with Gasteiger partial charge in [0.15, 0.2) is 0 Å². The van der Waals surface area contributed by atoms with Crippen LogP contribution in [0.1, 0.15) is 21.6 Å². The monoisotopic (exact) mass is 336 g/mol. The molecule has 126 valence electrons. The molecule has 0 amide bonds. The van der Waals surface area contributed by atoms with Crippen molar-refractivity contribution in [1.82, 2.24) is 9.78 Å². The quantitative estimate of drug-likeness (QED) is 0.676. The number of alkyl halides is 1. The normalized spacial score (nSPS) is 10.9. The van der Waals surface area contributed by atoms with Crippen molar-refractivity contribution in [2.75, 3.05) is 6.86 Å². The molecule has 0 saturated carbocycles. The van der Waals surface area contributed by atoms with Crippen molar-refractivity contribution >= 4 is 18.1 Å². The van der Waals surface area contributed by atoms with Gasteiger partial charge in [0, 0.05) is 6.20 Å². The van der Waals surface area contributed by atoms with E-state index in [1.165, 1.54) is 4.68 Å². The number of carbonyl (C=O) groups excluding carboxylic acids is 1. The van der Waals surface area contributed by atoms with Crippen molar-refractivity contribution < 1.29 is 13.9 Å². The van der Waals surface area contributed by atoms with E-state index in [4.69, 9.17) is 4.74 Å². The Morgan fingerprint density at radius 3 is 2.52 bits per heavy atom. The molecule has 0 N–H and O–H groups in total. The van der Waals surface area contributed by atoms with Crippen molar-refractivity contribution in [2.24, 2.45) is 0 Å². The van der Waals surface area contributed by atoms with Gasteiger partial charge in [0.1, 0.15) is 5.75 Å². The number of carbonyl (C=O) groups is 1. The third-order valence-electron chi connectivity index (χ3n) is 3.61. The van der Waals surface area contributed by atoms with Gasteiger partial charge < -0.3 is 4.74 Å². The zero-order valence-electron chi connectivity index (χ0n) is 13.5. The molecular weight excluding hydrogens is 319 g/mol.